The summed E-state index contributed by atoms with van der Waals surface area (Å²) in [6.07, 6.45) is 0. The molecular weight excluding hydrogens is 284 g/mol. The maximum Gasteiger partial charge on any atom is 0.332 e. The van der Waals surface area contributed by atoms with E-state index in [4.69, 9.17) is 0 Å². The average molecular weight is 304 g/mol. The third-order valence-electron chi connectivity index (χ3n) is 4.27. The first-order valence-electron chi connectivity index (χ1n) is 7.46. The van der Waals surface area contributed by atoms with Crippen LogP contribution in [0.1, 0.15) is 33.7 Å². The van der Waals surface area contributed by atoms with Crippen molar-refractivity contribution < 1.29 is 0 Å². The minimum Gasteiger partial charge on any atom is -0.294 e. The van der Waals surface area contributed by atoms with E-state index in [-0.39, 0.29) is 17.3 Å². The molecule has 0 amide bonds. The van der Waals surface area contributed by atoms with Gasteiger partial charge in [-0.2, -0.15) is 10.1 Å². The van der Waals surface area contributed by atoms with E-state index in [1.807, 2.05) is 25.3 Å². The molecule has 0 saturated carbocycles. The Labute approximate surface area is 127 Å². The highest BCUT2D eigenvalue weighted by molar-refractivity contribution is 5.90. The zero-order valence-corrected chi connectivity index (χ0v) is 13.5. The van der Waals surface area contributed by atoms with Crippen LogP contribution in [0.5, 0.6) is 0 Å². The number of imidazole rings is 1. The van der Waals surface area contributed by atoms with Gasteiger partial charge in [-0.15, -0.1) is 0 Å². The summed E-state index contributed by atoms with van der Waals surface area (Å²) in [5, 5.41) is 6.27. The molecule has 2 aromatic rings. The molecule has 1 aliphatic rings. The normalized spacial score (nSPS) is 17.8. The fourth-order valence-corrected chi connectivity index (χ4v) is 2.87. The first-order chi connectivity index (χ1) is 10.4. The quantitative estimate of drug-likeness (QED) is 0.818. The Morgan fingerprint density at radius 3 is 2.45 bits per heavy atom. The summed E-state index contributed by atoms with van der Waals surface area (Å²) in [4.78, 5) is 29.5. The number of aromatic nitrogens is 4. The van der Waals surface area contributed by atoms with Crippen LogP contribution in [-0.2, 0) is 13.6 Å². The van der Waals surface area contributed by atoms with E-state index in [9.17, 15) is 9.59 Å². The smallest absolute Gasteiger partial charge is 0.294 e. The van der Waals surface area contributed by atoms with E-state index in [2.05, 4.69) is 10.1 Å². The van der Waals surface area contributed by atoms with Gasteiger partial charge in [0, 0.05) is 20.1 Å². The van der Waals surface area contributed by atoms with Gasteiger partial charge < -0.3 is 0 Å². The molecule has 0 unspecified atom stereocenters. The molecule has 1 aliphatic heterocycles. The van der Waals surface area contributed by atoms with Gasteiger partial charge in [-0.25, -0.2) is 9.80 Å². The van der Waals surface area contributed by atoms with Crippen molar-refractivity contribution in [3.63, 3.8) is 0 Å². The predicted molar refractivity (Wildman–Crippen MR) is 85.7 cm³/mol. The summed E-state index contributed by atoms with van der Waals surface area (Å²) < 4.78 is 4.55. The largest absolute Gasteiger partial charge is 0.332 e. The Morgan fingerprint density at radius 1 is 1.18 bits per heavy atom. The molecule has 0 aliphatic carbocycles. The summed E-state index contributed by atoms with van der Waals surface area (Å²) in [5.74, 6) is 0.608. The highest BCUT2D eigenvalue weighted by Gasteiger charge is 2.29. The molecule has 118 valence electrons. The number of hydrogen-bond acceptors (Lipinski definition) is 5. The van der Waals surface area contributed by atoms with Crippen molar-refractivity contribution in [2.75, 3.05) is 11.6 Å². The molecule has 0 radical (unpaired) electrons. The molecule has 0 spiro atoms. The zero-order valence-electron chi connectivity index (χ0n) is 13.5. The molecule has 0 aromatic carbocycles. The van der Waals surface area contributed by atoms with Crippen LogP contribution in [-0.4, -0.2) is 30.9 Å². The maximum atomic E-state index is 12.7. The van der Waals surface area contributed by atoms with Crippen molar-refractivity contribution in [1.29, 1.82) is 0 Å². The van der Waals surface area contributed by atoms with Crippen molar-refractivity contribution in [2.24, 2.45) is 12.1 Å². The topological polar surface area (TPSA) is 77.4 Å². The van der Waals surface area contributed by atoms with Gasteiger partial charge in [0.15, 0.2) is 11.2 Å². The summed E-state index contributed by atoms with van der Waals surface area (Å²) in [7, 11) is 1.64. The van der Waals surface area contributed by atoms with E-state index in [1.165, 1.54) is 9.13 Å². The summed E-state index contributed by atoms with van der Waals surface area (Å²) >= 11 is 0. The zero-order chi connectivity index (χ0) is 16.2. The van der Waals surface area contributed by atoms with Crippen LogP contribution in [0.3, 0.4) is 0 Å². The first-order valence-corrected chi connectivity index (χ1v) is 7.46. The highest BCUT2D eigenvalue weighted by Crippen LogP contribution is 2.29. The lowest BCUT2D eigenvalue weighted by Crippen LogP contribution is -2.40. The lowest BCUT2D eigenvalue weighted by Gasteiger charge is -2.28. The second-order valence-electron chi connectivity index (χ2n) is 5.48. The molecule has 0 bridgehead atoms. The van der Waals surface area contributed by atoms with Crippen LogP contribution in [0, 0.1) is 0 Å². The van der Waals surface area contributed by atoms with Crippen LogP contribution in [0.15, 0.2) is 14.7 Å². The molecule has 8 nitrogen and oxygen atoms in total. The molecule has 0 fully saturated rings. The second kappa shape index (κ2) is 4.82. The molecule has 0 N–H and O–H groups in total. The highest BCUT2D eigenvalue weighted by atomic mass is 16.2. The van der Waals surface area contributed by atoms with Gasteiger partial charge in [-0.3, -0.25) is 18.5 Å². The van der Waals surface area contributed by atoms with Crippen LogP contribution in [0.4, 0.5) is 5.95 Å². The number of anilines is 1. The summed E-state index contributed by atoms with van der Waals surface area (Å²) in [6, 6.07) is -0.0710. The minimum absolute atomic E-state index is 0.0710. The molecule has 3 heterocycles. The van der Waals surface area contributed by atoms with Crippen molar-refractivity contribution in [3.8, 4) is 0 Å². The van der Waals surface area contributed by atoms with Gasteiger partial charge >= 0.3 is 5.69 Å². The molecular formula is C14H20N6O2. The Balaban J connectivity index is 2.50. The average Bonchev–Trinajstić information content (AvgIpc) is 2.90. The molecule has 1 atom stereocenters. The van der Waals surface area contributed by atoms with Gasteiger partial charge in [-0.05, 0) is 27.7 Å². The van der Waals surface area contributed by atoms with Crippen LogP contribution < -0.4 is 16.3 Å². The van der Waals surface area contributed by atoms with E-state index < -0.39 is 0 Å². The Morgan fingerprint density at radius 2 is 1.86 bits per heavy atom. The Hall–Kier alpha value is -2.38. The minimum atomic E-state index is -0.344. The number of fused-ring (bicyclic) bond motifs is 3. The van der Waals surface area contributed by atoms with Gasteiger partial charge in [0.1, 0.15) is 0 Å². The number of hydrazone groups is 1. The van der Waals surface area contributed by atoms with Crippen molar-refractivity contribution >= 4 is 22.8 Å². The Bertz CT molecular complexity index is 901. The summed E-state index contributed by atoms with van der Waals surface area (Å²) in [6.45, 7) is 8.65. The molecule has 2 aromatic heterocycles. The van der Waals surface area contributed by atoms with Gasteiger partial charge in [0.05, 0.1) is 11.8 Å². The third kappa shape index (κ3) is 1.69. The van der Waals surface area contributed by atoms with Crippen LogP contribution >= 0.6 is 0 Å². The van der Waals surface area contributed by atoms with Gasteiger partial charge in [0.25, 0.3) is 5.56 Å². The van der Waals surface area contributed by atoms with Crippen molar-refractivity contribution in [1.82, 2.24) is 18.7 Å². The number of hydrogen-bond donors (Lipinski definition) is 0. The lowest BCUT2D eigenvalue weighted by molar-refractivity contribution is 0.621. The van der Waals surface area contributed by atoms with Crippen molar-refractivity contribution in [2.45, 2.75) is 40.3 Å². The second-order valence-corrected chi connectivity index (χ2v) is 5.48. The van der Waals surface area contributed by atoms with E-state index in [0.717, 1.165) is 5.71 Å². The fraction of sp³-hybridized carbons (Fsp3) is 0.571. The Kier molecular flexibility index (Phi) is 3.19. The SMILES string of the molecule is CCN1N=C(C)[C@H](C)n2c1nc1c2c(=O)n(CC)c(=O)n1C. The van der Waals surface area contributed by atoms with Gasteiger partial charge in [0.2, 0.25) is 5.95 Å². The van der Waals surface area contributed by atoms with Crippen molar-refractivity contribution in [3.05, 3.63) is 20.8 Å². The predicted octanol–water partition coefficient (Wildman–Crippen LogP) is 0.693. The standard InChI is InChI=1S/C14H20N6O2/c1-6-18-12(21)10-11(17(5)14(18)22)15-13-19(7-2)16-8(3)9(4)20(10)13/h9H,6-7H2,1-5H3/t9-/m0/s1. The summed E-state index contributed by atoms with van der Waals surface area (Å²) in [5.41, 5.74) is 1.13. The van der Waals surface area contributed by atoms with Crippen LogP contribution in [0.25, 0.3) is 11.2 Å². The van der Waals surface area contributed by atoms with E-state index in [0.29, 0.717) is 30.2 Å². The van der Waals surface area contributed by atoms with E-state index in [1.54, 1.807) is 19.0 Å². The maximum absolute atomic E-state index is 12.7. The first kappa shape index (κ1) is 14.6. The molecule has 8 heteroatoms. The number of nitrogens with zero attached hydrogens (tertiary/aromatic N) is 6. The fourth-order valence-electron chi connectivity index (χ4n) is 2.87. The molecule has 0 saturated heterocycles. The third-order valence-corrected chi connectivity index (χ3v) is 4.27. The number of aryl methyl sites for hydroxylation is 1. The monoisotopic (exact) mass is 304 g/mol. The number of rotatable bonds is 2. The van der Waals surface area contributed by atoms with Gasteiger partial charge in [-0.1, -0.05) is 0 Å². The van der Waals surface area contributed by atoms with E-state index >= 15 is 0 Å². The lowest BCUT2D eigenvalue weighted by atomic mass is 10.2. The van der Waals surface area contributed by atoms with Crippen LogP contribution in [0.2, 0.25) is 0 Å². The molecule has 22 heavy (non-hydrogen) atoms. The molecule has 3 rings (SSSR count).